The lowest BCUT2D eigenvalue weighted by molar-refractivity contribution is 0.505. The molecule has 0 bridgehead atoms. The molecule has 3 heteroatoms. The van der Waals surface area contributed by atoms with Gasteiger partial charge < -0.3 is 4.57 Å². The Morgan fingerprint density at radius 2 is 0.679 bits per heavy atom. The monoisotopic (exact) mass is 727 g/mol. The zero-order valence-corrected chi connectivity index (χ0v) is 36.1. The SMILES string of the molecule is CC(C)(C)c1ccc(/C=C/C=C/c2ccc(C(C)(C)C)cc2)cc1.CN(C)P1(=O)[C@@H](c2ccc(C(C)(C)C)cc2)C=C[C@H]1c1ccc(C(C)(C)C)cc1. The standard InChI is InChI=1S/C26H36NOP.C24H30/c1-25(2,3)21-13-9-19(10-14-21)23-17-18-24(29(23,28)27(7)8)20-11-15-22(16-12-20)26(4,5)6;1-23(2,3)21-15-11-19(12-16-21)9-7-8-10-20-13-17-22(18-14-20)24(4,5)6/h9-18,23-24H,1-8H3;7-18H,1-6H3/b;9-7+,10-8+/t23-,24+,29?;. The van der Waals surface area contributed by atoms with Crippen LogP contribution in [0, 0.1) is 0 Å². The quantitative estimate of drug-likeness (QED) is 0.112. The van der Waals surface area contributed by atoms with E-state index < -0.39 is 7.29 Å². The summed E-state index contributed by atoms with van der Waals surface area (Å²) >= 11 is 0. The Morgan fingerprint density at radius 1 is 0.434 bits per heavy atom. The van der Waals surface area contributed by atoms with E-state index in [-0.39, 0.29) is 33.0 Å². The maximum absolute atomic E-state index is 14.4. The molecular formula is C50H66NOP. The van der Waals surface area contributed by atoms with Crippen LogP contribution in [0.15, 0.2) is 121 Å². The molecular weight excluding hydrogens is 662 g/mol. The van der Waals surface area contributed by atoms with E-state index in [0.29, 0.717) is 0 Å². The molecule has 0 aromatic heterocycles. The highest BCUT2D eigenvalue weighted by Gasteiger charge is 2.46. The van der Waals surface area contributed by atoms with Gasteiger partial charge in [-0.05, 0) is 80.3 Å². The predicted molar refractivity (Wildman–Crippen MR) is 235 cm³/mol. The second kappa shape index (κ2) is 16.3. The first-order chi connectivity index (χ1) is 24.5. The minimum atomic E-state index is -2.70. The molecule has 2 nitrogen and oxygen atoms in total. The normalized spacial score (nSPS) is 19.6. The van der Waals surface area contributed by atoms with E-state index in [1.54, 1.807) is 0 Å². The van der Waals surface area contributed by atoms with Gasteiger partial charge in [-0.2, -0.15) is 0 Å². The second-order valence-corrected chi connectivity index (χ2v) is 22.3. The predicted octanol–water partition coefficient (Wildman–Crippen LogP) is 14.5. The van der Waals surface area contributed by atoms with E-state index >= 15 is 0 Å². The summed E-state index contributed by atoms with van der Waals surface area (Å²) in [6.07, 6.45) is 12.8. The molecule has 1 aliphatic rings. The van der Waals surface area contributed by atoms with Crippen LogP contribution in [0.3, 0.4) is 0 Å². The maximum atomic E-state index is 14.4. The summed E-state index contributed by atoms with van der Waals surface area (Å²) in [6, 6.07) is 35.0. The largest absolute Gasteiger partial charge is 0.305 e. The fourth-order valence-corrected chi connectivity index (χ4v) is 9.89. The first-order valence-electron chi connectivity index (χ1n) is 19.2. The van der Waals surface area contributed by atoms with Gasteiger partial charge in [0.1, 0.15) is 0 Å². The lowest BCUT2D eigenvalue weighted by Gasteiger charge is -2.33. The molecule has 0 aliphatic carbocycles. The molecule has 4 aromatic rings. The first-order valence-corrected chi connectivity index (χ1v) is 21.0. The highest BCUT2D eigenvalue weighted by atomic mass is 31.2. The third-order valence-electron chi connectivity index (χ3n) is 10.4. The molecule has 0 amide bonds. The molecule has 4 aromatic carbocycles. The molecule has 0 radical (unpaired) electrons. The lowest BCUT2D eigenvalue weighted by atomic mass is 9.86. The van der Waals surface area contributed by atoms with Crippen LogP contribution in [-0.2, 0) is 26.2 Å². The molecule has 1 unspecified atom stereocenters. The van der Waals surface area contributed by atoms with E-state index in [1.807, 2.05) is 18.8 Å². The van der Waals surface area contributed by atoms with Crippen molar-refractivity contribution in [3.63, 3.8) is 0 Å². The number of hydrogen-bond acceptors (Lipinski definition) is 1. The van der Waals surface area contributed by atoms with E-state index in [4.69, 9.17) is 0 Å². The molecule has 53 heavy (non-hydrogen) atoms. The molecule has 5 rings (SSSR count). The van der Waals surface area contributed by atoms with Gasteiger partial charge in [-0.3, -0.25) is 4.67 Å². The third kappa shape index (κ3) is 10.7. The number of benzene rings is 4. The highest BCUT2D eigenvalue weighted by molar-refractivity contribution is 7.63. The van der Waals surface area contributed by atoms with Crippen molar-refractivity contribution in [2.75, 3.05) is 14.1 Å². The minimum Gasteiger partial charge on any atom is -0.305 e. The van der Waals surface area contributed by atoms with Gasteiger partial charge in [0.05, 0.1) is 11.3 Å². The Kier molecular flexibility index (Phi) is 13.0. The first kappa shape index (κ1) is 42.0. The van der Waals surface area contributed by atoms with Gasteiger partial charge in [0.15, 0.2) is 7.29 Å². The number of rotatable bonds is 6. The van der Waals surface area contributed by atoms with Gasteiger partial charge in [-0.25, -0.2) is 0 Å². The van der Waals surface area contributed by atoms with Crippen LogP contribution >= 0.6 is 7.29 Å². The molecule has 0 spiro atoms. The van der Waals surface area contributed by atoms with Crippen molar-refractivity contribution >= 4 is 19.4 Å². The van der Waals surface area contributed by atoms with Crippen molar-refractivity contribution < 1.29 is 4.57 Å². The smallest absolute Gasteiger partial charge is 0.171 e. The van der Waals surface area contributed by atoms with Crippen molar-refractivity contribution in [2.45, 2.75) is 116 Å². The summed E-state index contributed by atoms with van der Waals surface area (Å²) in [5.41, 5.74) is 10.6. The van der Waals surface area contributed by atoms with E-state index in [0.717, 1.165) is 11.1 Å². The van der Waals surface area contributed by atoms with Gasteiger partial charge in [0, 0.05) is 0 Å². The Morgan fingerprint density at radius 3 is 0.906 bits per heavy atom. The van der Waals surface area contributed by atoms with Crippen molar-refractivity contribution in [2.24, 2.45) is 0 Å². The fourth-order valence-electron chi connectivity index (χ4n) is 6.66. The molecule has 3 atom stereocenters. The van der Waals surface area contributed by atoms with Crippen LogP contribution in [0.4, 0.5) is 0 Å². The Bertz CT molecular complexity index is 1780. The summed E-state index contributed by atoms with van der Waals surface area (Å²) in [5, 5.41) is 0. The van der Waals surface area contributed by atoms with Crippen LogP contribution in [0.2, 0.25) is 0 Å². The van der Waals surface area contributed by atoms with E-state index in [1.165, 1.54) is 33.4 Å². The highest BCUT2D eigenvalue weighted by Crippen LogP contribution is 2.74. The van der Waals surface area contributed by atoms with Gasteiger partial charge in [-0.15, -0.1) is 0 Å². The molecule has 282 valence electrons. The average Bonchev–Trinajstić information content (AvgIpc) is 3.44. The van der Waals surface area contributed by atoms with Crippen LogP contribution < -0.4 is 0 Å². The molecule has 0 saturated heterocycles. The Balaban J connectivity index is 0.000000241. The van der Waals surface area contributed by atoms with Crippen molar-refractivity contribution in [3.8, 4) is 0 Å². The summed E-state index contributed by atoms with van der Waals surface area (Å²) in [4.78, 5) is 0. The van der Waals surface area contributed by atoms with Crippen LogP contribution in [0.25, 0.3) is 12.2 Å². The van der Waals surface area contributed by atoms with Gasteiger partial charge >= 0.3 is 0 Å². The van der Waals surface area contributed by atoms with E-state index in [9.17, 15) is 4.57 Å². The molecule has 0 N–H and O–H groups in total. The summed E-state index contributed by atoms with van der Waals surface area (Å²) in [5.74, 6) is 0. The summed E-state index contributed by atoms with van der Waals surface area (Å²) in [6.45, 7) is 26.8. The van der Waals surface area contributed by atoms with Crippen LogP contribution in [0.1, 0.15) is 139 Å². The average molecular weight is 728 g/mol. The summed E-state index contributed by atoms with van der Waals surface area (Å²) < 4.78 is 16.4. The second-order valence-electron chi connectivity index (χ2n) is 19.0. The third-order valence-corrected chi connectivity index (χ3v) is 14.2. The van der Waals surface area contributed by atoms with Crippen molar-refractivity contribution in [1.82, 2.24) is 4.67 Å². The van der Waals surface area contributed by atoms with Gasteiger partial charge in [0.25, 0.3) is 0 Å². The Hall–Kier alpha value is -3.71. The lowest BCUT2D eigenvalue weighted by Crippen LogP contribution is -2.16. The number of hydrogen-bond donors (Lipinski definition) is 0. The minimum absolute atomic E-state index is 0.0705. The topological polar surface area (TPSA) is 20.3 Å². The molecule has 0 fully saturated rings. The van der Waals surface area contributed by atoms with Crippen molar-refractivity contribution in [1.29, 1.82) is 0 Å². The number of allylic oxidation sites excluding steroid dienone is 4. The molecule has 0 saturated carbocycles. The zero-order chi connectivity index (χ0) is 39.4. The zero-order valence-electron chi connectivity index (χ0n) is 35.2. The Labute approximate surface area is 323 Å². The van der Waals surface area contributed by atoms with E-state index in [2.05, 4.69) is 217 Å². The fraction of sp³-hybridized carbons (Fsp3) is 0.400. The number of nitrogens with zero attached hydrogens (tertiary/aromatic N) is 1. The molecule has 1 aliphatic heterocycles. The van der Waals surface area contributed by atoms with Crippen LogP contribution in [-0.4, -0.2) is 18.8 Å². The van der Waals surface area contributed by atoms with Gasteiger partial charge in [0.2, 0.25) is 0 Å². The van der Waals surface area contributed by atoms with Gasteiger partial charge in [-0.1, -0.05) is 217 Å². The van der Waals surface area contributed by atoms with Crippen LogP contribution in [0.5, 0.6) is 0 Å². The summed E-state index contributed by atoms with van der Waals surface area (Å²) in [7, 11) is 1.22. The molecule has 1 heterocycles. The van der Waals surface area contributed by atoms with Crippen molar-refractivity contribution in [3.05, 3.63) is 166 Å². The maximum Gasteiger partial charge on any atom is 0.171 e.